The third kappa shape index (κ3) is 2.33. The lowest BCUT2D eigenvalue weighted by molar-refractivity contribution is -0.137. The number of nitrogens with one attached hydrogen (secondary N) is 1. The first kappa shape index (κ1) is 11.5. The minimum atomic E-state index is -0.340. The Morgan fingerprint density at radius 3 is 2.47 bits per heavy atom. The van der Waals surface area contributed by atoms with Gasteiger partial charge in [0.05, 0.1) is 12.1 Å². The first-order valence-electron chi connectivity index (χ1n) is 6.92. The molecule has 0 radical (unpaired) electrons. The fourth-order valence-electron chi connectivity index (χ4n) is 3.74. The van der Waals surface area contributed by atoms with Crippen LogP contribution in [0.15, 0.2) is 0 Å². The molecule has 2 aliphatic heterocycles. The van der Waals surface area contributed by atoms with Crippen LogP contribution < -0.4 is 5.32 Å². The summed E-state index contributed by atoms with van der Waals surface area (Å²) in [5.74, 6) is 1.69. The van der Waals surface area contributed by atoms with Crippen LogP contribution in [0, 0.1) is 11.8 Å². The minimum absolute atomic E-state index is 0.135. The molecule has 4 nitrogen and oxygen atoms in total. The molecule has 2 heterocycles. The van der Waals surface area contributed by atoms with Crippen LogP contribution in [0.2, 0.25) is 0 Å². The zero-order chi connectivity index (χ0) is 11.8. The number of carbonyl (C=O) groups excluding carboxylic acids is 1. The number of nitrogens with zero attached hydrogens (tertiary/aromatic N) is 1. The molecule has 1 amide bonds. The molecular weight excluding hydrogens is 216 g/mol. The fraction of sp³-hybridized carbons (Fsp3) is 0.923. The van der Waals surface area contributed by atoms with Gasteiger partial charge in [0, 0.05) is 19.6 Å². The Hall–Kier alpha value is -0.610. The van der Waals surface area contributed by atoms with Gasteiger partial charge in [-0.3, -0.25) is 4.79 Å². The van der Waals surface area contributed by atoms with Crippen LogP contribution in [-0.4, -0.2) is 47.7 Å². The molecule has 4 atom stereocenters. The van der Waals surface area contributed by atoms with Crippen LogP contribution in [0.25, 0.3) is 0 Å². The second-order valence-corrected chi connectivity index (χ2v) is 5.99. The molecule has 96 valence electrons. The van der Waals surface area contributed by atoms with Gasteiger partial charge in [0.25, 0.3) is 0 Å². The molecule has 3 aliphatic rings. The molecule has 17 heavy (non-hydrogen) atoms. The number of β-amino-alcohol motifs (C(OH)–C–C–N with tert-alkyl or cyclic N) is 1. The lowest BCUT2D eigenvalue weighted by Crippen LogP contribution is -2.51. The van der Waals surface area contributed by atoms with E-state index in [0.717, 1.165) is 24.9 Å². The molecule has 0 aromatic carbocycles. The molecule has 0 aromatic heterocycles. The van der Waals surface area contributed by atoms with Crippen LogP contribution in [0.1, 0.15) is 32.1 Å². The number of rotatable bonds is 1. The summed E-state index contributed by atoms with van der Waals surface area (Å²) < 4.78 is 0. The fourth-order valence-corrected chi connectivity index (χ4v) is 3.74. The van der Waals surface area contributed by atoms with E-state index in [4.69, 9.17) is 0 Å². The second kappa shape index (κ2) is 4.58. The van der Waals surface area contributed by atoms with Gasteiger partial charge in [-0.1, -0.05) is 6.42 Å². The van der Waals surface area contributed by atoms with Crippen molar-refractivity contribution in [3.8, 4) is 0 Å². The van der Waals surface area contributed by atoms with Crippen molar-refractivity contribution in [1.29, 1.82) is 0 Å². The van der Waals surface area contributed by atoms with Gasteiger partial charge < -0.3 is 15.3 Å². The van der Waals surface area contributed by atoms with Crippen LogP contribution >= 0.6 is 0 Å². The maximum Gasteiger partial charge on any atom is 0.239 e. The summed E-state index contributed by atoms with van der Waals surface area (Å²) >= 11 is 0. The Labute approximate surface area is 102 Å². The topological polar surface area (TPSA) is 52.6 Å². The van der Waals surface area contributed by atoms with E-state index >= 15 is 0 Å². The van der Waals surface area contributed by atoms with Gasteiger partial charge in [-0.15, -0.1) is 0 Å². The number of aliphatic hydroxyl groups is 1. The molecule has 2 N–H and O–H groups in total. The smallest absolute Gasteiger partial charge is 0.239 e. The molecule has 4 heteroatoms. The Kier molecular flexibility index (Phi) is 3.09. The van der Waals surface area contributed by atoms with E-state index in [-0.39, 0.29) is 18.1 Å². The van der Waals surface area contributed by atoms with Gasteiger partial charge in [-0.05, 0) is 37.5 Å². The van der Waals surface area contributed by atoms with E-state index in [1.807, 2.05) is 4.90 Å². The van der Waals surface area contributed by atoms with E-state index in [2.05, 4.69) is 5.32 Å². The van der Waals surface area contributed by atoms with Crippen molar-refractivity contribution in [2.45, 2.75) is 44.2 Å². The van der Waals surface area contributed by atoms with Gasteiger partial charge in [0.2, 0.25) is 5.91 Å². The summed E-state index contributed by atoms with van der Waals surface area (Å²) in [5.41, 5.74) is 0. The first-order valence-corrected chi connectivity index (χ1v) is 6.92. The van der Waals surface area contributed by atoms with Crippen molar-refractivity contribution in [2.75, 3.05) is 19.6 Å². The number of carbonyl (C=O) groups is 1. The van der Waals surface area contributed by atoms with Crippen molar-refractivity contribution in [3.63, 3.8) is 0 Å². The van der Waals surface area contributed by atoms with Crippen molar-refractivity contribution < 1.29 is 9.90 Å². The van der Waals surface area contributed by atoms with Gasteiger partial charge in [-0.2, -0.15) is 0 Å². The standard InChI is InChI=1S/C13H22N2O2/c16-11-5-12(14-6-11)13(17)15-7-9-2-1-3-10(4-9)8-15/h9-12,14,16H,1-8H2. The molecular formula is C13H22N2O2. The van der Waals surface area contributed by atoms with Crippen LogP contribution in [-0.2, 0) is 4.79 Å². The van der Waals surface area contributed by atoms with E-state index in [0.29, 0.717) is 13.0 Å². The Morgan fingerprint density at radius 2 is 1.88 bits per heavy atom. The van der Waals surface area contributed by atoms with E-state index in [1.54, 1.807) is 0 Å². The Morgan fingerprint density at radius 1 is 1.18 bits per heavy atom. The van der Waals surface area contributed by atoms with Crippen molar-refractivity contribution in [1.82, 2.24) is 10.2 Å². The molecule has 0 aromatic rings. The normalized spacial score (nSPS) is 41.6. The predicted octanol–water partition coefficient (Wildman–Crippen LogP) is 0.358. The van der Waals surface area contributed by atoms with E-state index < -0.39 is 0 Å². The number of amides is 1. The largest absolute Gasteiger partial charge is 0.392 e. The SMILES string of the molecule is O=C(C1CC(O)CN1)N1CC2CCCC(C2)C1. The number of piperidine rings is 1. The van der Waals surface area contributed by atoms with Gasteiger partial charge in [0.1, 0.15) is 0 Å². The molecule has 2 bridgehead atoms. The highest BCUT2D eigenvalue weighted by molar-refractivity contribution is 5.82. The highest BCUT2D eigenvalue weighted by Gasteiger charge is 2.37. The summed E-state index contributed by atoms with van der Waals surface area (Å²) in [7, 11) is 0. The quantitative estimate of drug-likeness (QED) is 0.693. The highest BCUT2D eigenvalue weighted by Crippen LogP contribution is 2.34. The summed E-state index contributed by atoms with van der Waals surface area (Å²) in [6, 6.07) is -0.135. The number of likely N-dealkylation sites (tertiary alicyclic amines) is 1. The summed E-state index contributed by atoms with van der Waals surface area (Å²) in [6.07, 6.45) is 5.50. The maximum atomic E-state index is 12.3. The van der Waals surface area contributed by atoms with E-state index in [1.165, 1.54) is 25.7 Å². The number of aliphatic hydroxyl groups excluding tert-OH is 1. The van der Waals surface area contributed by atoms with Gasteiger partial charge >= 0.3 is 0 Å². The van der Waals surface area contributed by atoms with E-state index in [9.17, 15) is 9.90 Å². The van der Waals surface area contributed by atoms with Crippen molar-refractivity contribution in [2.24, 2.45) is 11.8 Å². The summed E-state index contributed by atoms with van der Waals surface area (Å²) in [6.45, 7) is 2.46. The number of fused-ring (bicyclic) bond motifs is 2. The lowest BCUT2D eigenvalue weighted by atomic mass is 9.78. The van der Waals surface area contributed by atoms with Crippen LogP contribution in [0.4, 0.5) is 0 Å². The molecule has 4 unspecified atom stereocenters. The number of hydrogen-bond donors (Lipinski definition) is 2. The Bertz CT molecular complexity index is 296. The van der Waals surface area contributed by atoms with Crippen molar-refractivity contribution >= 4 is 5.91 Å². The first-order chi connectivity index (χ1) is 8.22. The van der Waals surface area contributed by atoms with Crippen LogP contribution in [0.3, 0.4) is 0 Å². The summed E-state index contributed by atoms with van der Waals surface area (Å²) in [4.78, 5) is 14.4. The second-order valence-electron chi connectivity index (χ2n) is 5.99. The molecule has 0 spiro atoms. The monoisotopic (exact) mass is 238 g/mol. The highest BCUT2D eigenvalue weighted by atomic mass is 16.3. The molecule has 3 rings (SSSR count). The van der Waals surface area contributed by atoms with Crippen LogP contribution in [0.5, 0.6) is 0 Å². The zero-order valence-corrected chi connectivity index (χ0v) is 10.3. The molecule has 2 saturated heterocycles. The minimum Gasteiger partial charge on any atom is -0.392 e. The summed E-state index contributed by atoms with van der Waals surface area (Å²) in [5, 5.41) is 12.6. The maximum absolute atomic E-state index is 12.3. The lowest BCUT2D eigenvalue weighted by Gasteiger charge is -2.42. The van der Waals surface area contributed by atoms with Crippen molar-refractivity contribution in [3.05, 3.63) is 0 Å². The average Bonchev–Trinajstić information content (AvgIpc) is 2.74. The average molecular weight is 238 g/mol. The van der Waals surface area contributed by atoms with Gasteiger partial charge in [-0.25, -0.2) is 0 Å². The molecule has 1 aliphatic carbocycles. The zero-order valence-electron chi connectivity index (χ0n) is 10.3. The number of hydrogen-bond acceptors (Lipinski definition) is 3. The molecule has 3 fully saturated rings. The van der Waals surface area contributed by atoms with Gasteiger partial charge in [0.15, 0.2) is 0 Å². The predicted molar refractivity (Wildman–Crippen MR) is 64.4 cm³/mol. The molecule has 1 saturated carbocycles. The Balaban J connectivity index is 1.62. The third-order valence-electron chi connectivity index (χ3n) is 4.57. The third-order valence-corrected chi connectivity index (χ3v) is 4.57.